The van der Waals surface area contributed by atoms with E-state index in [2.05, 4.69) is 53.8 Å². The molecule has 0 radical (unpaired) electrons. The SMILES string of the molecule is C#Cc1ccc2c3ccccc3n(CCCCCCCC)c2c1. The molecule has 1 aromatic heterocycles. The van der Waals surface area contributed by atoms with Crippen LogP contribution in [0.3, 0.4) is 0 Å². The minimum Gasteiger partial charge on any atom is -0.340 e. The maximum absolute atomic E-state index is 5.59. The summed E-state index contributed by atoms with van der Waals surface area (Å²) < 4.78 is 2.45. The molecule has 118 valence electrons. The summed E-state index contributed by atoms with van der Waals surface area (Å²) in [6.45, 7) is 3.34. The molecule has 0 unspecified atom stereocenters. The van der Waals surface area contributed by atoms with E-state index in [0.717, 1.165) is 12.1 Å². The Labute approximate surface area is 139 Å². The molecule has 0 aliphatic heterocycles. The molecule has 1 heterocycles. The highest BCUT2D eigenvalue weighted by Gasteiger charge is 2.10. The smallest absolute Gasteiger partial charge is 0.0503 e. The highest BCUT2D eigenvalue weighted by atomic mass is 15.0. The second kappa shape index (κ2) is 7.38. The Hall–Kier alpha value is -2.20. The molecule has 1 nitrogen and oxygen atoms in total. The summed E-state index contributed by atoms with van der Waals surface area (Å²) in [7, 11) is 0. The summed E-state index contributed by atoms with van der Waals surface area (Å²) >= 11 is 0. The topological polar surface area (TPSA) is 4.93 Å². The summed E-state index contributed by atoms with van der Waals surface area (Å²) in [5, 5.41) is 2.64. The van der Waals surface area contributed by atoms with E-state index in [9.17, 15) is 0 Å². The van der Waals surface area contributed by atoms with Gasteiger partial charge < -0.3 is 4.57 Å². The van der Waals surface area contributed by atoms with Crippen molar-refractivity contribution in [1.82, 2.24) is 4.57 Å². The number of aryl methyl sites for hydroxylation is 1. The molecule has 0 saturated heterocycles. The number of terminal acetylenes is 1. The zero-order chi connectivity index (χ0) is 16.1. The number of aromatic nitrogens is 1. The lowest BCUT2D eigenvalue weighted by Gasteiger charge is -2.08. The van der Waals surface area contributed by atoms with Crippen LogP contribution in [0.5, 0.6) is 0 Å². The first kappa shape index (κ1) is 15.7. The Bertz CT molecular complexity index is 832. The van der Waals surface area contributed by atoms with E-state index in [0.29, 0.717) is 0 Å². The van der Waals surface area contributed by atoms with E-state index < -0.39 is 0 Å². The normalized spacial score (nSPS) is 11.1. The molecule has 0 fully saturated rings. The maximum atomic E-state index is 5.59. The van der Waals surface area contributed by atoms with E-state index in [4.69, 9.17) is 6.42 Å². The van der Waals surface area contributed by atoms with Gasteiger partial charge in [0.1, 0.15) is 0 Å². The molecular weight excluding hydrogens is 278 g/mol. The van der Waals surface area contributed by atoms with Gasteiger partial charge in [-0.3, -0.25) is 0 Å². The van der Waals surface area contributed by atoms with Crippen LogP contribution in [0.15, 0.2) is 42.5 Å². The molecule has 0 amide bonds. The van der Waals surface area contributed by atoms with Gasteiger partial charge in [-0.05, 0) is 24.6 Å². The van der Waals surface area contributed by atoms with Gasteiger partial charge in [-0.1, -0.05) is 69.2 Å². The van der Waals surface area contributed by atoms with Crippen LogP contribution in [-0.2, 0) is 6.54 Å². The summed E-state index contributed by atoms with van der Waals surface area (Å²) in [6, 6.07) is 15.1. The third-order valence-electron chi connectivity index (χ3n) is 4.68. The standard InChI is InChI=1S/C22H25N/c1-3-5-6-7-8-11-16-23-21-13-10-9-12-19(21)20-15-14-18(4-2)17-22(20)23/h2,9-10,12-15,17H,3,5-8,11,16H2,1H3. The van der Waals surface area contributed by atoms with E-state index in [1.165, 1.54) is 60.3 Å². The number of nitrogens with zero attached hydrogens (tertiary/aromatic N) is 1. The largest absolute Gasteiger partial charge is 0.340 e. The molecule has 0 atom stereocenters. The minimum atomic E-state index is 0.963. The van der Waals surface area contributed by atoms with Crippen LogP contribution in [0.2, 0.25) is 0 Å². The Morgan fingerprint density at radius 1 is 0.870 bits per heavy atom. The number of unbranched alkanes of at least 4 members (excludes halogenated alkanes) is 5. The summed E-state index contributed by atoms with van der Waals surface area (Å²) in [5.41, 5.74) is 3.56. The van der Waals surface area contributed by atoms with Gasteiger partial charge in [-0.25, -0.2) is 0 Å². The molecule has 0 aliphatic rings. The van der Waals surface area contributed by atoms with Crippen molar-refractivity contribution in [2.24, 2.45) is 0 Å². The van der Waals surface area contributed by atoms with Crippen LogP contribution in [-0.4, -0.2) is 4.57 Å². The molecule has 2 aromatic carbocycles. The zero-order valence-electron chi connectivity index (χ0n) is 14.0. The van der Waals surface area contributed by atoms with Gasteiger partial charge in [0.05, 0.1) is 5.52 Å². The number of benzene rings is 2. The fraction of sp³-hybridized carbons (Fsp3) is 0.364. The van der Waals surface area contributed by atoms with Crippen LogP contribution in [0.1, 0.15) is 51.0 Å². The van der Waals surface area contributed by atoms with Gasteiger partial charge in [0.15, 0.2) is 0 Å². The van der Waals surface area contributed by atoms with Gasteiger partial charge in [0.25, 0.3) is 0 Å². The van der Waals surface area contributed by atoms with E-state index >= 15 is 0 Å². The van der Waals surface area contributed by atoms with Crippen molar-refractivity contribution in [3.8, 4) is 12.3 Å². The van der Waals surface area contributed by atoms with Crippen molar-refractivity contribution >= 4 is 21.8 Å². The van der Waals surface area contributed by atoms with Gasteiger partial charge in [0.2, 0.25) is 0 Å². The third-order valence-corrected chi connectivity index (χ3v) is 4.68. The molecule has 0 bridgehead atoms. The van der Waals surface area contributed by atoms with Crippen LogP contribution < -0.4 is 0 Å². The van der Waals surface area contributed by atoms with Crippen LogP contribution in [0, 0.1) is 12.3 Å². The number of fused-ring (bicyclic) bond motifs is 3. The predicted octanol–water partition coefficient (Wildman–Crippen LogP) is 6.14. The van der Waals surface area contributed by atoms with Crippen molar-refractivity contribution in [2.45, 2.75) is 52.0 Å². The molecule has 0 saturated carbocycles. The Kier molecular flexibility index (Phi) is 5.03. The highest BCUT2D eigenvalue weighted by molar-refractivity contribution is 6.08. The summed E-state index contributed by atoms with van der Waals surface area (Å²) in [5.74, 6) is 2.77. The summed E-state index contributed by atoms with van der Waals surface area (Å²) in [6.07, 6.45) is 13.5. The number of hydrogen-bond acceptors (Lipinski definition) is 0. The molecule has 23 heavy (non-hydrogen) atoms. The summed E-state index contributed by atoms with van der Waals surface area (Å²) in [4.78, 5) is 0. The number of hydrogen-bond donors (Lipinski definition) is 0. The Morgan fingerprint density at radius 2 is 1.61 bits per heavy atom. The lowest BCUT2D eigenvalue weighted by molar-refractivity contribution is 0.571. The van der Waals surface area contributed by atoms with E-state index in [-0.39, 0.29) is 0 Å². The fourth-order valence-electron chi connectivity index (χ4n) is 3.43. The zero-order valence-corrected chi connectivity index (χ0v) is 14.0. The quantitative estimate of drug-likeness (QED) is 0.365. The van der Waals surface area contributed by atoms with Crippen molar-refractivity contribution in [2.75, 3.05) is 0 Å². The average Bonchev–Trinajstić information content (AvgIpc) is 2.91. The van der Waals surface area contributed by atoms with Crippen molar-refractivity contribution in [3.05, 3.63) is 48.0 Å². The highest BCUT2D eigenvalue weighted by Crippen LogP contribution is 2.30. The second-order valence-electron chi connectivity index (χ2n) is 6.31. The van der Waals surface area contributed by atoms with Gasteiger partial charge >= 0.3 is 0 Å². The molecule has 3 aromatic rings. The first-order valence-corrected chi connectivity index (χ1v) is 8.82. The molecule has 0 aliphatic carbocycles. The third kappa shape index (κ3) is 3.27. The predicted molar refractivity (Wildman–Crippen MR) is 101 cm³/mol. The monoisotopic (exact) mass is 303 g/mol. The van der Waals surface area contributed by atoms with Gasteiger partial charge in [0, 0.05) is 28.4 Å². The molecule has 0 N–H and O–H groups in total. The first-order valence-electron chi connectivity index (χ1n) is 8.82. The fourth-order valence-corrected chi connectivity index (χ4v) is 3.43. The Balaban J connectivity index is 1.88. The molecule has 1 heteroatoms. The van der Waals surface area contributed by atoms with Crippen LogP contribution in [0.25, 0.3) is 21.8 Å². The van der Waals surface area contributed by atoms with Gasteiger partial charge in [-0.15, -0.1) is 6.42 Å². The number of rotatable bonds is 7. The minimum absolute atomic E-state index is 0.963. The van der Waals surface area contributed by atoms with Crippen molar-refractivity contribution in [1.29, 1.82) is 0 Å². The lowest BCUT2D eigenvalue weighted by Crippen LogP contribution is -1.98. The van der Waals surface area contributed by atoms with Gasteiger partial charge in [-0.2, -0.15) is 0 Å². The number of para-hydroxylation sites is 1. The van der Waals surface area contributed by atoms with Crippen LogP contribution >= 0.6 is 0 Å². The Morgan fingerprint density at radius 3 is 2.43 bits per heavy atom. The first-order chi connectivity index (χ1) is 11.3. The molecular formula is C22H25N. The van der Waals surface area contributed by atoms with E-state index in [1.54, 1.807) is 0 Å². The average molecular weight is 303 g/mol. The molecule has 3 rings (SSSR count). The maximum Gasteiger partial charge on any atom is 0.0503 e. The van der Waals surface area contributed by atoms with E-state index in [1.807, 2.05) is 6.07 Å². The molecule has 0 spiro atoms. The lowest BCUT2D eigenvalue weighted by atomic mass is 10.1. The second-order valence-corrected chi connectivity index (χ2v) is 6.31. The van der Waals surface area contributed by atoms with Crippen LogP contribution in [0.4, 0.5) is 0 Å². The van der Waals surface area contributed by atoms with Crippen molar-refractivity contribution < 1.29 is 0 Å². The van der Waals surface area contributed by atoms with Crippen molar-refractivity contribution in [3.63, 3.8) is 0 Å².